The number of allylic oxidation sites excluding steroid dienone is 6. The molecule has 8 heteroatoms. The van der Waals surface area contributed by atoms with E-state index in [9.17, 15) is 4.79 Å². The van der Waals surface area contributed by atoms with Crippen LogP contribution < -0.4 is 5.32 Å². The van der Waals surface area contributed by atoms with Crippen molar-refractivity contribution in [1.29, 1.82) is 0 Å². The standard InChI is InChI=1S/C27H34ClN5O2/c1-4-33(19-20-35-5-2)18-17-32(3)26(34)22-10-13-24(14-11-22)30-27-29-16-15-25(31-27)21-7-6-8-23(28)12-9-21/h6-7,9-16H,4-5,8,17-20H2,1-3H3,(H,29,30,31). The third-order valence-electron chi connectivity index (χ3n) is 5.69. The number of anilines is 2. The molecule has 35 heavy (non-hydrogen) atoms. The smallest absolute Gasteiger partial charge is 0.253 e. The van der Waals surface area contributed by atoms with E-state index in [2.05, 4.69) is 27.1 Å². The van der Waals surface area contributed by atoms with Gasteiger partial charge in [0.1, 0.15) is 0 Å². The van der Waals surface area contributed by atoms with Crippen molar-refractivity contribution in [1.82, 2.24) is 19.8 Å². The number of rotatable bonds is 12. The summed E-state index contributed by atoms with van der Waals surface area (Å²) >= 11 is 6.11. The zero-order chi connectivity index (χ0) is 25.0. The van der Waals surface area contributed by atoms with E-state index in [1.165, 1.54) is 0 Å². The van der Waals surface area contributed by atoms with Crippen LogP contribution in [-0.4, -0.2) is 72.1 Å². The predicted octanol–water partition coefficient (Wildman–Crippen LogP) is 5.12. The lowest BCUT2D eigenvalue weighted by atomic mass is 10.1. The van der Waals surface area contributed by atoms with Crippen molar-refractivity contribution < 1.29 is 9.53 Å². The van der Waals surface area contributed by atoms with Gasteiger partial charge in [-0.2, -0.15) is 0 Å². The third-order valence-corrected chi connectivity index (χ3v) is 5.98. The van der Waals surface area contributed by atoms with Crippen LogP contribution in [-0.2, 0) is 4.74 Å². The van der Waals surface area contributed by atoms with Crippen LogP contribution in [0.4, 0.5) is 11.6 Å². The second-order valence-electron chi connectivity index (χ2n) is 8.17. The molecule has 0 aliphatic heterocycles. The normalized spacial score (nSPS) is 13.3. The van der Waals surface area contributed by atoms with Gasteiger partial charge < -0.3 is 15.0 Å². The maximum atomic E-state index is 12.9. The minimum Gasteiger partial charge on any atom is -0.380 e. The third kappa shape index (κ3) is 8.31. The molecule has 1 aliphatic rings. The summed E-state index contributed by atoms with van der Waals surface area (Å²) in [7, 11) is 1.84. The lowest BCUT2D eigenvalue weighted by Crippen LogP contribution is -2.37. The van der Waals surface area contributed by atoms with Crippen LogP contribution in [0, 0.1) is 0 Å². The molecular formula is C27H34ClN5O2. The Hall–Kier alpha value is -3.00. The molecule has 0 radical (unpaired) electrons. The summed E-state index contributed by atoms with van der Waals surface area (Å²) < 4.78 is 5.44. The number of aromatic nitrogens is 2. The summed E-state index contributed by atoms with van der Waals surface area (Å²) in [5.41, 5.74) is 3.22. The van der Waals surface area contributed by atoms with E-state index in [1.807, 2.05) is 68.6 Å². The fourth-order valence-electron chi connectivity index (χ4n) is 3.56. The van der Waals surface area contributed by atoms with Gasteiger partial charge in [0.15, 0.2) is 0 Å². The number of amides is 1. The first kappa shape index (κ1) is 26.6. The largest absolute Gasteiger partial charge is 0.380 e. The number of nitrogens with one attached hydrogen (secondary N) is 1. The van der Waals surface area contributed by atoms with Crippen LogP contribution in [0.5, 0.6) is 0 Å². The van der Waals surface area contributed by atoms with Crippen molar-refractivity contribution in [3.8, 4) is 0 Å². The SMILES string of the molecule is CCOCCN(CC)CCN(C)C(=O)c1ccc(Nc2nccc(C3=CC=C(Cl)CC=C3)n2)cc1. The van der Waals surface area contributed by atoms with Crippen molar-refractivity contribution in [3.05, 3.63) is 77.1 Å². The van der Waals surface area contributed by atoms with E-state index in [4.69, 9.17) is 16.3 Å². The van der Waals surface area contributed by atoms with E-state index in [0.29, 0.717) is 31.1 Å². The highest BCUT2D eigenvalue weighted by Gasteiger charge is 2.13. The van der Waals surface area contributed by atoms with Gasteiger partial charge in [0.05, 0.1) is 12.3 Å². The zero-order valence-electron chi connectivity index (χ0n) is 20.7. The van der Waals surface area contributed by atoms with E-state index >= 15 is 0 Å². The molecule has 0 saturated carbocycles. The number of benzene rings is 1. The summed E-state index contributed by atoms with van der Waals surface area (Å²) in [6.07, 6.45) is 10.3. The van der Waals surface area contributed by atoms with Gasteiger partial charge in [-0.05, 0) is 49.9 Å². The Morgan fingerprint density at radius 1 is 1.11 bits per heavy atom. The molecule has 2 aromatic rings. The van der Waals surface area contributed by atoms with Gasteiger partial charge in [-0.1, -0.05) is 36.8 Å². The first-order valence-corrected chi connectivity index (χ1v) is 12.4. The molecule has 1 aliphatic carbocycles. The molecule has 0 unspecified atom stereocenters. The van der Waals surface area contributed by atoms with Gasteiger partial charge in [-0.25, -0.2) is 9.97 Å². The quantitative estimate of drug-likeness (QED) is 0.412. The first-order valence-electron chi connectivity index (χ1n) is 12.0. The molecule has 0 fully saturated rings. The molecule has 3 rings (SSSR count). The molecule has 186 valence electrons. The monoisotopic (exact) mass is 495 g/mol. The van der Waals surface area contributed by atoms with Gasteiger partial charge >= 0.3 is 0 Å². The Bertz CT molecular complexity index is 1070. The molecular weight excluding hydrogens is 462 g/mol. The van der Waals surface area contributed by atoms with Gasteiger partial charge in [-0.15, -0.1) is 0 Å². The van der Waals surface area contributed by atoms with Crippen molar-refractivity contribution in [2.75, 3.05) is 51.8 Å². The fourth-order valence-corrected chi connectivity index (χ4v) is 3.71. The average Bonchev–Trinajstić information content (AvgIpc) is 3.10. The number of halogens is 1. The summed E-state index contributed by atoms with van der Waals surface area (Å²) in [5.74, 6) is 0.480. The molecule has 0 atom stereocenters. The lowest BCUT2D eigenvalue weighted by Gasteiger charge is -2.24. The number of likely N-dealkylation sites (N-methyl/N-ethyl adjacent to an activating group) is 2. The molecule has 1 N–H and O–H groups in total. The minimum atomic E-state index is -0.00513. The Kier molecular flexibility index (Phi) is 10.5. The Labute approximate surface area is 213 Å². The Balaban J connectivity index is 1.57. The first-order chi connectivity index (χ1) is 17.0. The number of carbonyl (C=O) groups is 1. The number of carbonyl (C=O) groups excluding carboxylic acids is 1. The fraction of sp³-hybridized carbons (Fsp3) is 0.370. The maximum absolute atomic E-state index is 12.9. The van der Waals surface area contributed by atoms with Crippen molar-refractivity contribution in [3.63, 3.8) is 0 Å². The van der Waals surface area contributed by atoms with Crippen LogP contribution in [0.25, 0.3) is 5.57 Å². The van der Waals surface area contributed by atoms with Gasteiger partial charge in [0.2, 0.25) is 5.95 Å². The molecule has 0 spiro atoms. The van der Waals surface area contributed by atoms with Crippen LogP contribution in [0.15, 0.2) is 65.9 Å². The molecule has 0 bridgehead atoms. The number of ether oxygens (including phenoxy) is 1. The molecule has 1 aromatic carbocycles. The Morgan fingerprint density at radius 2 is 1.91 bits per heavy atom. The highest BCUT2D eigenvalue weighted by atomic mass is 35.5. The highest BCUT2D eigenvalue weighted by Crippen LogP contribution is 2.22. The minimum absolute atomic E-state index is 0.00513. The Morgan fingerprint density at radius 3 is 2.66 bits per heavy atom. The van der Waals surface area contributed by atoms with Crippen LogP contribution in [0.3, 0.4) is 0 Å². The molecule has 7 nitrogen and oxygen atoms in total. The summed E-state index contributed by atoms with van der Waals surface area (Å²) in [6.45, 7) is 8.82. The maximum Gasteiger partial charge on any atom is 0.253 e. The summed E-state index contributed by atoms with van der Waals surface area (Å²) in [4.78, 5) is 25.8. The zero-order valence-corrected chi connectivity index (χ0v) is 21.5. The topological polar surface area (TPSA) is 70.6 Å². The van der Waals surface area contributed by atoms with Crippen LogP contribution in [0.1, 0.15) is 36.3 Å². The van der Waals surface area contributed by atoms with Crippen molar-refractivity contribution in [2.24, 2.45) is 0 Å². The lowest BCUT2D eigenvalue weighted by molar-refractivity contribution is 0.0760. The van der Waals surface area contributed by atoms with E-state index in [-0.39, 0.29) is 5.91 Å². The van der Waals surface area contributed by atoms with Crippen molar-refractivity contribution in [2.45, 2.75) is 20.3 Å². The van der Waals surface area contributed by atoms with E-state index in [1.54, 1.807) is 11.1 Å². The van der Waals surface area contributed by atoms with E-state index in [0.717, 1.165) is 48.2 Å². The molecule has 1 aromatic heterocycles. The van der Waals surface area contributed by atoms with Crippen LogP contribution in [0.2, 0.25) is 0 Å². The second kappa shape index (κ2) is 13.8. The number of nitrogens with zero attached hydrogens (tertiary/aromatic N) is 4. The average molecular weight is 496 g/mol. The van der Waals surface area contributed by atoms with E-state index < -0.39 is 0 Å². The second-order valence-corrected chi connectivity index (χ2v) is 8.65. The van der Waals surface area contributed by atoms with Gasteiger partial charge in [0.25, 0.3) is 5.91 Å². The number of hydrogen-bond donors (Lipinski definition) is 1. The summed E-state index contributed by atoms with van der Waals surface area (Å²) in [6, 6.07) is 9.24. The van der Waals surface area contributed by atoms with Crippen LogP contribution >= 0.6 is 11.6 Å². The number of hydrogen-bond acceptors (Lipinski definition) is 6. The predicted molar refractivity (Wildman–Crippen MR) is 143 cm³/mol. The highest BCUT2D eigenvalue weighted by molar-refractivity contribution is 6.29. The summed E-state index contributed by atoms with van der Waals surface area (Å²) in [5, 5.41) is 4.00. The van der Waals surface area contributed by atoms with Crippen molar-refractivity contribution >= 4 is 34.7 Å². The molecule has 1 heterocycles. The van der Waals surface area contributed by atoms with Gasteiger partial charge in [0, 0.05) is 67.8 Å². The molecule has 0 saturated heterocycles. The van der Waals surface area contributed by atoms with Gasteiger partial charge in [-0.3, -0.25) is 9.69 Å². The molecule has 1 amide bonds.